The fraction of sp³-hybridized carbons (Fsp3) is 0.444. The average molecular weight is 464 g/mol. The fourth-order valence-corrected chi connectivity index (χ4v) is 4.79. The van der Waals surface area contributed by atoms with Gasteiger partial charge in [0.25, 0.3) is 11.8 Å². The summed E-state index contributed by atoms with van der Waals surface area (Å²) in [7, 11) is 0. The molecule has 7 heteroatoms. The molecule has 1 atom stereocenters. The van der Waals surface area contributed by atoms with Gasteiger partial charge >= 0.3 is 0 Å². The highest BCUT2D eigenvalue weighted by atomic mass is 16.5. The Hall–Kier alpha value is -3.19. The Bertz CT molecular complexity index is 1060. The predicted molar refractivity (Wildman–Crippen MR) is 129 cm³/mol. The summed E-state index contributed by atoms with van der Waals surface area (Å²) in [5.41, 5.74) is 2.37. The topological polar surface area (TPSA) is 79.0 Å². The molecular formula is C27H33N3O4. The van der Waals surface area contributed by atoms with Gasteiger partial charge in [0.05, 0.1) is 6.61 Å². The van der Waals surface area contributed by atoms with Crippen LogP contribution in [0.5, 0.6) is 0 Å². The number of carbonyl (C=O) groups excluding carboxylic acids is 3. The van der Waals surface area contributed by atoms with Crippen molar-refractivity contribution >= 4 is 17.7 Å². The molecule has 0 aliphatic carbocycles. The number of amides is 3. The SMILES string of the molecule is CCCNC(=O)C1COC2(CCN(C(=O)c3ccc(C)cc3)CC2)N1C(=O)c1cccc(C)c1. The molecule has 180 valence electrons. The van der Waals surface area contributed by atoms with Crippen LogP contribution < -0.4 is 5.32 Å². The van der Waals surface area contributed by atoms with E-state index in [1.807, 2.05) is 63.2 Å². The van der Waals surface area contributed by atoms with E-state index in [2.05, 4.69) is 5.32 Å². The Labute approximate surface area is 201 Å². The molecule has 7 nitrogen and oxygen atoms in total. The van der Waals surface area contributed by atoms with Crippen molar-refractivity contribution in [3.05, 3.63) is 70.8 Å². The molecule has 0 saturated carbocycles. The summed E-state index contributed by atoms with van der Waals surface area (Å²) in [6.07, 6.45) is 1.73. The lowest BCUT2D eigenvalue weighted by atomic mass is 9.95. The molecule has 0 radical (unpaired) electrons. The second-order valence-electron chi connectivity index (χ2n) is 9.27. The van der Waals surface area contributed by atoms with Crippen molar-refractivity contribution in [1.82, 2.24) is 15.1 Å². The van der Waals surface area contributed by atoms with Gasteiger partial charge in [0.15, 0.2) is 0 Å². The summed E-state index contributed by atoms with van der Waals surface area (Å²) >= 11 is 0. The molecule has 0 bridgehead atoms. The first-order valence-corrected chi connectivity index (χ1v) is 12.0. The number of nitrogens with zero attached hydrogens (tertiary/aromatic N) is 2. The smallest absolute Gasteiger partial charge is 0.256 e. The second kappa shape index (κ2) is 9.97. The lowest BCUT2D eigenvalue weighted by Crippen LogP contribution is -2.59. The maximum atomic E-state index is 13.7. The molecule has 2 aliphatic heterocycles. The molecule has 3 amide bonds. The van der Waals surface area contributed by atoms with E-state index in [1.54, 1.807) is 15.9 Å². The van der Waals surface area contributed by atoms with Crippen molar-refractivity contribution in [1.29, 1.82) is 0 Å². The molecule has 1 N–H and O–H groups in total. The molecule has 2 aliphatic rings. The molecule has 2 heterocycles. The van der Waals surface area contributed by atoms with E-state index in [4.69, 9.17) is 4.74 Å². The number of likely N-dealkylation sites (tertiary alicyclic amines) is 1. The van der Waals surface area contributed by atoms with Gasteiger partial charge in [-0.3, -0.25) is 19.3 Å². The summed E-state index contributed by atoms with van der Waals surface area (Å²) in [4.78, 5) is 43.2. The Balaban J connectivity index is 1.56. The van der Waals surface area contributed by atoms with Gasteiger partial charge in [-0.2, -0.15) is 0 Å². The van der Waals surface area contributed by atoms with Crippen LogP contribution in [0.2, 0.25) is 0 Å². The minimum atomic E-state index is -0.904. The van der Waals surface area contributed by atoms with E-state index in [0.717, 1.165) is 17.5 Å². The molecule has 2 aromatic rings. The number of hydrogen-bond donors (Lipinski definition) is 1. The molecule has 4 rings (SSSR count). The van der Waals surface area contributed by atoms with Crippen LogP contribution in [-0.4, -0.2) is 65.5 Å². The summed E-state index contributed by atoms with van der Waals surface area (Å²) < 4.78 is 6.24. The van der Waals surface area contributed by atoms with Crippen molar-refractivity contribution in [2.75, 3.05) is 26.2 Å². The van der Waals surface area contributed by atoms with Gasteiger partial charge in [-0.15, -0.1) is 0 Å². The third kappa shape index (κ3) is 4.71. The van der Waals surface area contributed by atoms with Gasteiger partial charge in [0.2, 0.25) is 5.91 Å². The Morgan fingerprint density at radius 3 is 2.32 bits per heavy atom. The maximum absolute atomic E-state index is 13.7. The van der Waals surface area contributed by atoms with Gasteiger partial charge in [0.1, 0.15) is 11.8 Å². The third-order valence-corrected chi connectivity index (χ3v) is 6.73. The summed E-state index contributed by atoms with van der Waals surface area (Å²) in [6.45, 7) is 7.52. The quantitative estimate of drug-likeness (QED) is 0.738. The lowest BCUT2D eigenvalue weighted by molar-refractivity contribution is -0.128. The summed E-state index contributed by atoms with van der Waals surface area (Å²) in [6, 6.07) is 14.3. The highest BCUT2D eigenvalue weighted by Gasteiger charge is 2.54. The zero-order valence-corrected chi connectivity index (χ0v) is 20.2. The van der Waals surface area contributed by atoms with Gasteiger partial charge in [-0.1, -0.05) is 42.3 Å². The van der Waals surface area contributed by atoms with E-state index in [9.17, 15) is 14.4 Å². The largest absolute Gasteiger partial charge is 0.354 e. The van der Waals surface area contributed by atoms with E-state index in [-0.39, 0.29) is 24.3 Å². The molecule has 2 aromatic carbocycles. The third-order valence-electron chi connectivity index (χ3n) is 6.73. The van der Waals surface area contributed by atoms with Crippen molar-refractivity contribution in [2.45, 2.75) is 51.8 Å². The summed E-state index contributed by atoms with van der Waals surface area (Å²) in [5, 5.41) is 2.92. The van der Waals surface area contributed by atoms with Gasteiger partial charge < -0.3 is 15.0 Å². The average Bonchev–Trinajstić information content (AvgIpc) is 3.21. The maximum Gasteiger partial charge on any atom is 0.256 e. The monoisotopic (exact) mass is 463 g/mol. The number of nitrogens with one attached hydrogen (secondary N) is 1. The fourth-order valence-electron chi connectivity index (χ4n) is 4.79. The Morgan fingerprint density at radius 1 is 0.971 bits per heavy atom. The highest BCUT2D eigenvalue weighted by molar-refractivity contribution is 5.99. The molecule has 34 heavy (non-hydrogen) atoms. The van der Waals surface area contributed by atoms with Crippen LogP contribution in [0.3, 0.4) is 0 Å². The van der Waals surface area contributed by atoms with Crippen LogP contribution in [0.15, 0.2) is 48.5 Å². The highest BCUT2D eigenvalue weighted by Crippen LogP contribution is 2.39. The number of aryl methyl sites for hydroxylation is 2. The van der Waals surface area contributed by atoms with Crippen LogP contribution >= 0.6 is 0 Å². The minimum Gasteiger partial charge on any atom is -0.354 e. The van der Waals surface area contributed by atoms with Crippen LogP contribution in [0, 0.1) is 13.8 Å². The van der Waals surface area contributed by atoms with E-state index in [0.29, 0.717) is 43.6 Å². The standard InChI is InChI=1S/C27H33N3O4/c1-4-14-28-24(31)23-18-34-27(30(23)26(33)22-7-5-6-20(3)17-22)12-15-29(16-13-27)25(32)21-10-8-19(2)9-11-21/h5-11,17,23H,4,12-16,18H2,1-3H3,(H,28,31). The van der Waals surface area contributed by atoms with E-state index < -0.39 is 11.8 Å². The van der Waals surface area contributed by atoms with Crippen molar-refractivity contribution < 1.29 is 19.1 Å². The Morgan fingerprint density at radius 2 is 1.68 bits per heavy atom. The summed E-state index contributed by atoms with van der Waals surface area (Å²) in [5.74, 6) is -0.435. The van der Waals surface area contributed by atoms with Crippen molar-refractivity contribution in [3.63, 3.8) is 0 Å². The van der Waals surface area contributed by atoms with Gasteiger partial charge in [-0.05, 0) is 44.5 Å². The molecule has 1 spiro atoms. The van der Waals surface area contributed by atoms with Gasteiger partial charge in [-0.25, -0.2) is 0 Å². The molecule has 1 unspecified atom stereocenters. The normalized spacial score (nSPS) is 19.3. The number of rotatable bonds is 5. The zero-order chi connectivity index (χ0) is 24.3. The van der Waals surface area contributed by atoms with Crippen LogP contribution in [0.4, 0.5) is 0 Å². The number of hydrogen-bond acceptors (Lipinski definition) is 4. The Kier molecular flexibility index (Phi) is 7.03. The van der Waals surface area contributed by atoms with Crippen LogP contribution in [0.1, 0.15) is 58.0 Å². The van der Waals surface area contributed by atoms with Gasteiger partial charge in [0, 0.05) is 43.6 Å². The van der Waals surface area contributed by atoms with Crippen LogP contribution in [-0.2, 0) is 9.53 Å². The van der Waals surface area contributed by atoms with Crippen molar-refractivity contribution in [3.8, 4) is 0 Å². The van der Waals surface area contributed by atoms with E-state index >= 15 is 0 Å². The van der Waals surface area contributed by atoms with Crippen molar-refractivity contribution in [2.24, 2.45) is 0 Å². The van der Waals surface area contributed by atoms with Crippen LogP contribution in [0.25, 0.3) is 0 Å². The first-order chi connectivity index (χ1) is 16.3. The second-order valence-corrected chi connectivity index (χ2v) is 9.27. The zero-order valence-electron chi connectivity index (χ0n) is 20.2. The minimum absolute atomic E-state index is 0.0263. The first-order valence-electron chi connectivity index (χ1n) is 12.0. The molecular weight excluding hydrogens is 430 g/mol. The predicted octanol–water partition coefficient (Wildman–Crippen LogP) is 3.30. The molecule has 0 aromatic heterocycles. The molecule has 2 saturated heterocycles. The first kappa shape index (κ1) is 24.0. The number of ether oxygens (including phenoxy) is 1. The lowest BCUT2D eigenvalue weighted by Gasteiger charge is -2.44. The molecule has 2 fully saturated rings. The number of benzene rings is 2. The van der Waals surface area contributed by atoms with E-state index in [1.165, 1.54) is 0 Å². The number of piperidine rings is 1. The number of carbonyl (C=O) groups is 3.